The molecule has 32 heavy (non-hydrogen) atoms. The van der Waals surface area contributed by atoms with Gasteiger partial charge in [-0.2, -0.15) is 0 Å². The average Bonchev–Trinajstić information content (AvgIpc) is 2.96. The molecule has 3 unspecified atom stereocenters. The van der Waals surface area contributed by atoms with Gasteiger partial charge in [-0.1, -0.05) is 25.1 Å². The third-order valence-electron chi connectivity index (χ3n) is 8.79. The summed E-state index contributed by atoms with van der Waals surface area (Å²) in [6.45, 7) is 6.66. The van der Waals surface area contributed by atoms with E-state index in [1.54, 1.807) is 7.11 Å². The Hall–Kier alpha value is -2.17. The van der Waals surface area contributed by atoms with Crippen LogP contribution < -0.4 is 4.74 Å². The molecule has 170 valence electrons. The molecule has 1 aromatic rings. The van der Waals surface area contributed by atoms with E-state index in [1.807, 2.05) is 24.3 Å². The first-order valence-corrected chi connectivity index (χ1v) is 12.0. The SMILES string of the molecule is C=CC[C@]1(O)CCC2C3CCC4=CC(=O)CCC4=C3[C@H](c3ccc(OC)cc3)OCC21C. The second-order valence-electron chi connectivity index (χ2n) is 10.3. The first-order chi connectivity index (χ1) is 15.4. The second kappa shape index (κ2) is 8.00. The Labute approximate surface area is 191 Å². The number of methoxy groups -OCH3 is 1. The van der Waals surface area contributed by atoms with E-state index >= 15 is 0 Å². The molecule has 2 fully saturated rings. The van der Waals surface area contributed by atoms with E-state index in [0.717, 1.165) is 43.4 Å². The van der Waals surface area contributed by atoms with Crippen molar-refractivity contribution in [1.82, 2.24) is 0 Å². The highest BCUT2D eigenvalue weighted by Crippen LogP contribution is 2.62. The summed E-state index contributed by atoms with van der Waals surface area (Å²) in [5, 5.41) is 11.7. The van der Waals surface area contributed by atoms with Crippen molar-refractivity contribution in [2.24, 2.45) is 17.3 Å². The fraction of sp³-hybridized carbons (Fsp3) is 0.536. The third kappa shape index (κ3) is 3.22. The monoisotopic (exact) mass is 434 g/mol. The number of aliphatic hydroxyl groups is 1. The highest BCUT2D eigenvalue weighted by molar-refractivity contribution is 5.93. The van der Waals surface area contributed by atoms with Gasteiger partial charge in [-0.05, 0) is 90.9 Å². The summed E-state index contributed by atoms with van der Waals surface area (Å²) in [7, 11) is 1.68. The molecular weight excluding hydrogens is 400 g/mol. The van der Waals surface area contributed by atoms with Gasteiger partial charge in [0.05, 0.1) is 19.3 Å². The maximum absolute atomic E-state index is 12.2. The first kappa shape index (κ1) is 21.7. The molecule has 4 nitrogen and oxygen atoms in total. The number of hydrogen-bond acceptors (Lipinski definition) is 4. The second-order valence-corrected chi connectivity index (χ2v) is 10.3. The largest absolute Gasteiger partial charge is 0.497 e. The number of carbonyl (C=O) groups excluding carboxylic acids is 1. The van der Waals surface area contributed by atoms with E-state index in [4.69, 9.17) is 9.47 Å². The average molecular weight is 435 g/mol. The standard InChI is InChI=1S/C28H34O4/c1-4-14-28(30)15-13-24-23-11-7-19-16-20(29)8-12-22(19)25(23)26(32-17-27(24,28)2)18-5-9-21(31-3)10-6-18/h4-6,9-10,16,23-24,26,30H,1,7-8,11-15,17H2,2-3H3/t23?,24?,26-,27?,28-/m0/s1. The van der Waals surface area contributed by atoms with Crippen LogP contribution in [-0.4, -0.2) is 30.2 Å². The molecule has 4 heteroatoms. The topological polar surface area (TPSA) is 55.8 Å². The highest BCUT2D eigenvalue weighted by Gasteiger charge is 2.60. The summed E-state index contributed by atoms with van der Waals surface area (Å²) in [4.78, 5) is 12.2. The van der Waals surface area contributed by atoms with Gasteiger partial charge in [0.1, 0.15) is 11.9 Å². The van der Waals surface area contributed by atoms with Crippen molar-refractivity contribution in [3.63, 3.8) is 0 Å². The fourth-order valence-electron chi connectivity index (χ4n) is 6.98. The molecular formula is C28H34O4. The van der Waals surface area contributed by atoms with Gasteiger partial charge < -0.3 is 14.6 Å². The predicted molar refractivity (Wildman–Crippen MR) is 124 cm³/mol. The Bertz CT molecular complexity index is 987. The number of hydrogen-bond donors (Lipinski definition) is 1. The van der Waals surface area contributed by atoms with Crippen LogP contribution >= 0.6 is 0 Å². The summed E-state index contributed by atoms with van der Waals surface area (Å²) in [5.41, 5.74) is 3.90. The smallest absolute Gasteiger partial charge is 0.156 e. The van der Waals surface area contributed by atoms with Crippen LogP contribution in [-0.2, 0) is 9.53 Å². The number of ether oxygens (including phenoxy) is 2. The maximum atomic E-state index is 12.2. The minimum absolute atomic E-state index is 0.159. The normalized spacial score (nSPS) is 36.5. The number of rotatable bonds is 4. The molecule has 1 N–H and O–H groups in total. The van der Waals surface area contributed by atoms with Gasteiger partial charge in [0, 0.05) is 11.8 Å². The van der Waals surface area contributed by atoms with Crippen molar-refractivity contribution in [2.75, 3.05) is 13.7 Å². The molecule has 1 aromatic carbocycles. The van der Waals surface area contributed by atoms with E-state index in [2.05, 4.69) is 25.6 Å². The van der Waals surface area contributed by atoms with Gasteiger partial charge in [-0.15, -0.1) is 6.58 Å². The zero-order valence-corrected chi connectivity index (χ0v) is 19.2. The molecule has 1 saturated heterocycles. The number of allylic oxidation sites excluding steroid dienone is 3. The van der Waals surface area contributed by atoms with Crippen molar-refractivity contribution >= 4 is 5.78 Å². The lowest BCUT2D eigenvalue weighted by molar-refractivity contribution is -0.114. The van der Waals surface area contributed by atoms with E-state index in [1.165, 1.54) is 16.7 Å². The van der Waals surface area contributed by atoms with Crippen LogP contribution in [0.25, 0.3) is 0 Å². The Kier molecular flexibility index (Phi) is 5.42. The molecule has 4 aliphatic rings. The Morgan fingerprint density at radius 2 is 2.00 bits per heavy atom. The van der Waals surface area contributed by atoms with Crippen LogP contribution in [0.2, 0.25) is 0 Å². The lowest BCUT2D eigenvalue weighted by Gasteiger charge is -2.44. The molecule has 3 aliphatic carbocycles. The first-order valence-electron chi connectivity index (χ1n) is 12.0. The van der Waals surface area contributed by atoms with E-state index < -0.39 is 5.60 Å². The maximum Gasteiger partial charge on any atom is 0.156 e. The summed E-state index contributed by atoms with van der Waals surface area (Å²) in [6.07, 6.45) is 9.28. The highest BCUT2D eigenvalue weighted by atomic mass is 16.5. The molecule has 0 radical (unpaired) electrons. The minimum atomic E-state index is -0.789. The summed E-state index contributed by atoms with van der Waals surface area (Å²) >= 11 is 0. The molecule has 0 bridgehead atoms. The molecule has 1 saturated carbocycles. The number of carbonyl (C=O) groups is 1. The molecule has 0 spiro atoms. The number of ketones is 1. The van der Waals surface area contributed by atoms with Gasteiger partial charge in [-0.25, -0.2) is 0 Å². The molecule has 5 atom stereocenters. The van der Waals surface area contributed by atoms with Gasteiger partial charge >= 0.3 is 0 Å². The molecule has 1 heterocycles. The molecule has 1 aliphatic heterocycles. The van der Waals surface area contributed by atoms with Crippen LogP contribution in [0.1, 0.15) is 63.5 Å². The molecule has 0 aromatic heterocycles. The van der Waals surface area contributed by atoms with Crippen LogP contribution in [0.5, 0.6) is 5.75 Å². The van der Waals surface area contributed by atoms with E-state index in [9.17, 15) is 9.90 Å². The van der Waals surface area contributed by atoms with Crippen molar-refractivity contribution in [2.45, 2.75) is 63.6 Å². The van der Waals surface area contributed by atoms with Gasteiger partial charge in [0.2, 0.25) is 0 Å². The van der Waals surface area contributed by atoms with E-state index in [0.29, 0.717) is 31.3 Å². The third-order valence-corrected chi connectivity index (χ3v) is 8.79. The van der Waals surface area contributed by atoms with Gasteiger partial charge in [0.15, 0.2) is 5.78 Å². The van der Waals surface area contributed by atoms with Crippen LogP contribution in [0, 0.1) is 17.3 Å². The predicted octanol–water partition coefficient (Wildman–Crippen LogP) is 5.49. The minimum Gasteiger partial charge on any atom is -0.497 e. The van der Waals surface area contributed by atoms with Crippen molar-refractivity contribution in [1.29, 1.82) is 0 Å². The van der Waals surface area contributed by atoms with Crippen molar-refractivity contribution in [3.8, 4) is 5.75 Å². The lowest BCUT2D eigenvalue weighted by atomic mass is 9.61. The molecule has 5 rings (SSSR count). The molecule has 0 amide bonds. The summed E-state index contributed by atoms with van der Waals surface area (Å²) < 4.78 is 12.1. The van der Waals surface area contributed by atoms with Gasteiger partial charge in [0.25, 0.3) is 0 Å². The van der Waals surface area contributed by atoms with Crippen molar-refractivity contribution in [3.05, 3.63) is 65.3 Å². The number of fused-ring (bicyclic) bond motifs is 4. The fourth-order valence-corrected chi connectivity index (χ4v) is 6.98. The van der Waals surface area contributed by atoms with Crippen LogP contribution in [0.4, 0.5) is 0 Å². The summed E-state index contributed by atoms with van der Waals surface area (Å²) in [6, 6.07) is 8.17. The Balaban J connectivity index is 1.65. The zero-order valence-electron chi connectivity index (χ0n) is 19.2. The quantitative estimate of drug-likeness (QED) is 0.637. The van der Waals surface area contributed by atoms with Crippen molar-refractivity contribution < 1.29 is 19.4 Å². The lowest BCUT2D eigenvalue weighted by Crippen LogP contribution is -2.48. The zero-order chi connectivity index (χ0) is 22.5. The van der Waals surface area contributed by atoms with Crippen LogP contribution in [0.3, 0.4) is 0 Å². The van der Waals surface area contributed by atoms with Crippen LogP contribution in [0.15, 0.2) is 59.7 Å². The van der Waals surface area contributed by atoms with Gasteiger partial charge in [-0.3, -0.25) is 4.79 Å². The Morgan fingerprint density at radius 3 is 2.72 bits per heavy atom. The summed E-state index contributed by atoms with van der Waals surface area (Å²) in [5.74, 6) is 1.78. The van der Waals surface area contributed by atoms with E-state index in [-0.39, 0.29) is 17.3 Å². The Morgan fingerprint density at radius 1 is 1.22 bits per heavy atom. The number of benzene rings is 1.